The van der Waals surface area contributed by atoms with Gasteiger partial charge in [0, 0.05) is 12.1 Å². The summed E-state index contributed by atoms with van der Waals surface area (Å²) < 4.78 is 24.0. The van der Waals surface area contributed by atoms with E-state index < -0.39 is 17.4 Å². The van der Waals surface area contributed by atoms with Crippen LogP contribution in [-0.2, 0) is 0 Å². The van der Waals surface area contributed by atoms with Crippen molar-refractivity contribution in [2.45, 2.75) is 0 Å². The maximum Gasteiger partial charge on any atom is 0.167 e. The Morgan fingerprint density at radius 1 is 1.44 bits per heavy atom. The zero-order valence-electron chi connectivity index (χ0n) is 4.36. The lowest BCUT2D eigenvalue weighted by molar-refractivity contribution is 0.427. The number of hydrogen-bond donors (Lipinski definition) is 1. The highest BCUT2D eigenvalue weighted by Gasteiger charge is 1.99. The minimum atomic E-state index is -0.966. The van der Waals surface area contributed by atoms with E-state index in [1.54, 1.807) is 0 Å². The van der Waals surface area contributed by atoms with Gasteiger partial charge in [0.2, 0.25) is 0 Å². The van der Waals surface area contributed by atoms with Gasteiger partial charge in [-0.3, -0.25) is 0 Å². The van der Waals surface area contributed by atoms with Crippen LogP contribution in [0, 0.1) is 17.7 Å². The van der Waals surface area contributed by atoms with E-state index in [1.165, 1.54) is 0 Å². The highest BCUT2D eigenvalue weighted by Crippen LogP contribution is 2.13. The smallest absolute Gasteiger partial charge is 0.167 e. The molecular weight excluding hydrogens is 126 g/mol. The lowest BCUT2D eigenvalue weighted by atomic mass is 10.3. The minimum absolute atomic E-state index is 0.565. The second-order valence-corrected chi connectivity index (χ2v) is 1.51. The van der Waals surface area contributed by atoms with Crippen molar-refractivity contribution in [1.29, 1.82) is 0 Å². The molecule has 0 saturated carbocycles. The van der Waals surface area contributed by atoms with Gasteiger partial charge in [0.15, 0.2) is 11.6 Å². The van der Waals surface area contributed by atoms with E-state index in [2.05, 4.69) is 0 Å². The van der Waals surface area contributed by atoms with Gasteiger partial charge in [-0.15, -0.1) is 0 Å². The van der Waals surface area contributed by atoms with Crippen molar-refractivity contribution in [3.05, 3.63) is 29.8 Å². The second kappa shape index (κ2) is 2.01. The summed E-state index contributed by atoms with van der Waals surface area (Å²) in [7, 11) is 0. The van der Waals surface area contributed by atoms with Crippen LogP contribution in [0.4, 0.5) is 8.78 Å². The number of benzene rings is 1. The Labute approximate surface area is 50.6 Å². The lowest BCUT2D eigenvalue weighted by Gasteiger charge is -1.90. The Hall–Kier alpha value is -1.12. The average Bonchev–Trinajstić information content (AvgIpc) is 1.80. The summed E-state index contributed by atoms with van der Waals surface area (Å²) in [6.07, 6.45) is 0. The molecule has 0 fully saturated rings. The Morgan fingerprint density at radius 2 is 2.11 bits per heavy atom. The van der Waals surface area contributed by atoms with Gasteiger partial charge in [0.25, 0.3) is 0 Å². The third-order valence-electron chi connectivity index (χ3n) is 0.845. The molecule has 0 atom stereocenters. The van der Waals surface area contributed by atoms with Gasteiger partial charge in [-0.2, -0.15) is 0 Å². The SMILES string of the molecule is Oc1c[c]c(F)cc1F. The van der Waals surface area contributed by atoms with Crippen LogP contribution in [0.25, 0.3) is 0 Å². The van der Waals surface area contributed by atoms with Gasteiger partial charge in [-0.25, -0.2) is 8.78 Å². The van der Waals surface area contributed by atoms with E-state index in [0.717, 1.165) is 6.07 Å². The zero-order chi connectivity index (χ0) is 6.85. The number of halogens is 2. The molecule has 0 unspecified atom stereocenters. The molecule has 0 aliphatic carbocycles. The molecule has 1 nitrogen and oxygen atoms in total. The molecule has 3 heteroatoms. The highest BCUT2D eigenvalue weighted by atomic mass is 19.1. The van der Waals surface area contributed by atoms with Crippen LogP contribution < -0.4 is 0 Å². The van der Waals surface area contributed by atoms with E-state index >= 15 is 0 Å². The van der Waals surface area contributed by atoms with E-state index in [4.69, 9.17) is 5.11 Å². The van der Waals surface area contributed by atoms with Gasteiger partial charge in [-0.05, 0) is 6.07 Å². The van der Waals surface area contributed by atoms with Crippen LogP contribution in [0.1, 0.15) is 0 Å². The van der Waals surface area contributed by atoms with E-state index in [9.17, 15) is 8.78 Å². The van der Waals surface area contributed by atoms with E-state index in [-0.39, 0.29) is 0 Å². The summed E-state index contributed by atoms with van der Waals surface area (Å²) in [5.74, 6) is -2.37. The minimum Gasteiger partial charge on any atom is -0.505 e. The summed E-state index contributed by atoms with van der Waals surface area (Å²) in [4.78, 5) is 0. The maximum atomic E-state index is 12.1. The Balaban J connectivity index is 3.17. The van der Waals surface area contributed by atoms with E-state index in [1.807, 2.05) is 6.07 Å². The quantitative estimate of drug-likeness (QED) is 0.562. The number of hydrogen-bond acceptors (Lipinski definition) is 1. The fourth-order valence-corrected chi connectivity index (χ4v) is 0.433. The third kappa shape index (κ3) is 1.16. The van der Waals surface area contributed by atoms with E-state index in [0.29, 0.717) is 6.07 Å². The molecule has 1 N–H and O–H groups in total. The van der Waals surface area contributed by atoms with Gasteiger partial charge < -0.3 is 5.11 Å². The first kappa shape index (κ1) is 6.01. The number of phenolic OH excluding ortho intramolecular Hbond substituents is 1. The number of rotatable bonds is 0. The van der Waals surface area contributed by atoms with Gasteiger partial charge in [-0.1, -0.05) is 0 Å². The van der Waals surface area contributed by atoms with Crippen molar-refractivity contribution in [2.75, 3.05) is 0 Å². The molecular formula is C6H3F2O. The summed E-state index contributed by atoms with van der Waals surface area (Å²) in [6, 6.07) is 3.39. The Kier molecular flexibility index (Phi) is 1.34. The molecule has 0 heterocycles. The molecule has 0 spiro atoms. The average molecular weight is 129 g/mol. The van der Waals surface area contributed by atoms with Crippen LogP contribution in [0.15, 0.2) is 12.1 Å². The molecule has 0 aliphatic heterocycles. The predicted molar refractivity (Wildman–Crippen MR) is 26.9 cm³/mol. The molecule has 1 aromatic carbocycles. The molecule has 0 aliphatic rings. The van der Waals surface area contributed by atoms with Gasteiger partial charge in [0.1, 0.15) is 5.82 Å². The summed E-state index contributed by atoms with van der Waals surface area (Å²) in [5.41, 5.74) is 0. The molecule has 1 rings (SSSR count). The van der Waals surface area contributed by atoms with Crippen molar-refractivity contribution in [1.82, 2.24) is 0 Å². The summed E-state index contributed by atoms with van der Waals surface area (Å²) in [6.45, 7) is 0. The largest absolute Gasteiger partial charge is 0.505 e. The van der Waals surface area contributed by atoms with Gasteiger partial charge in [0.05, 0.1) is 0 Å². The van der Waals surface area contributed by atoms with Crippen molar-refractivity contribution >= 4 is 0 Å². The molecule has 0 aromatic heterocycles. The monoisotopic (exact) mass is 129 g/mol. The second-order valence-electron chi connectivity index (χ2n) is 1.51. The van der Waals surface area contributed by atoms with Crippen LogP contribution in [0.3, 0.4) is 0 Å². The first-order chi connectivity index (χ1) is 4.20. The molecule has 0 saturated heterocycles. The fourth-order valence-electron chi connectivity index (χ4n) is 0.433. The lowest BCUT2D eigenvalue weighted by Crippen LogP contribution is -1.78. The molecule has 0 bridgehead atoms. The third-order valence-corrected chi connectivity index (χ3v) is 0.845. The fraction of sp³-hybridized carbons (Fsp3) is 0. The maximum absolute atomic E-state index is 12.1. The van der Waals surface area contributed by atoms with Crippen LogP contribution >= 0.6 is 0 Å². The summed E-state index contributed by atoms with van der Waals surface area (Å²) in [5, 5.41) is 8.47. The Morgan fingerprint density at radius 3 is 2.56 bits per heavy atom. The Bertz CT molecular complexity index is 222. The zero-order valence-corrected chi connectivity index (χ0v) is 4.36. The molecule has 9 heavy (non-hydrogen) atoms. The van der Waals surface area contributed by atoms with Crippen molar-refractivity contribution < 1.29 is 13.9 Å². The standard InChI is InChI=1S/C6H3F2O/c7-4-1-2-6(9)5(8)3-4/h2-3,9H. The topological polar surface area (TPSA) is 20.2 Å². The number of phenols is 1. The molecule has 1 radical (unpaired) electrons. The first-order valence-electron chi connectivity index (χ1n) is 2.26. The molecule has 0 amide bonds. The van der Waals surface area contributed by atoms with Crippen LogP contribution in [0.5, 0.6) is 5.75 Å². The van der Waals surface area contributed by atoms with Gasteiger partial charge >= 0.3 is 0 Å². The number of aromatic hydroxyl groups is 1. The normalized spacial score (nSPS) is 9.56. The molecule has 1 aromatic rings. The van der Waals surface area contributed by atoms with Crippen molar-refractivity contribution in [2.24, 2.45) is 0 Å². The summed E-state index contributed by atoms with van der Waals surface area (Å²) >= 11 is 0. The molecule has 47 valence electrons. The predicted octanol–water partition coefficient (Wildman–Crippen LogP) is 1.47. The van der Waals surface area contributed by atoms with Crippen LogP contribution in [-0.4, -0.2) is 5.11 Å². The first-order valence-corrected chi connectivity index (χ1v) is 2.26. The van der Waals surface area contributed by atoms with Crippen molar-refractivity contribution in [3.8, 4) is 5.75 Å². The van der Waals surface area contributed by atoms with Crippen LogP contribution in [0.2, 0.25) is 0 Å². The van der Waals surface area contributed by atoms with Crippen molar-refractivity contribution in [3.63, 3.8) is 0 Å². The highest BCUT2D eigenvalue weighted by molar-refractivity contribution is 5.21.